The van der Waals surface area contributed by atoms with Crippen molar-refractivity contribution in [3.63, 3.8) is 0 Å². The van der Waals surface area contributed by atoms with Crippen molar-refractivity contribution < 1.29 is 28.2 Å². The lowest BCUT2D eigenvalue weighted by Crippen LogP contribution is -2.44. The minimum Gasteiger partial charge on any atom is -0.497 e. The van der Waals surface area contributed by atoms with Gasteiger partial charge in [-0.2, -0.15) is 0 Å². The van der Waals surface area contributed by atoms with Crippen LogP contribution in [0.4, 0.5) is 0 Å². The van der Waals surface area contributed by atoms with Crippen LogP contribution in [-0.2, 0) is 21.4 Å². The van der Waals surface area contributed by atoms with Gasteiger partial charge in [0.15, 0.2) is 11.5 Å². The summed E-state index contributed by atoms with van der Waals surface area (Å²) in [5.41, 5.74) is 2.27. The molecule has 8 nitrogen and oxygen atoms in total. The van der Waals surface area contributed by atoms with E-state index in [0.29, 0.717) is 43.1 Å². The molecule has 0 radical (unpaired) electrons. The minimum absolute atomic E-state index is 0.106. The predicted octanol–water partition coefficient (Wildman–Crippen LogP) is 3.64. The average molecular weight is 480 g/mol. The number of rotatable bonds is 7. The molecule has 0 unspecified atom stereocenters. The first-order valence-corrected chi connectivity index (χ1v) is 11.8. The zero-order valence-electron chi connectivity index (χ0n) is 20.0. The van der Waals surface area contributed by atoms with Crippen LogP contribution in [0.25, 0.3) is 11.0 Å². The standard InChI is InChI=1S/C27H29NO7/c1-17-20-5-4-19(31-2)14-23(20)35-26(30)21(17)6-8-25(29)28-15-27(9-11-32-12-10-27)18-3-7-22-24(13-18)34-16-33-22/h3-5,7,13-14H,6,8-12,15-16H2,1-2H3,(H,28,29). The van der Waals surface area contributed by atoms with Gasteiger partial charge in [0.25, 0.3) is 0 Å². The molecule has 2 aliphatic rings. The third-order valence-electron chi connectivity index (χ3n) is 7.16. The van der Waals surface area contributed by atoms with Crippen LogP contribution in [0.15, 0.2) is 45.6 Å². The Bertz CT molecular complexity index is 1310. The molecule has 1 N–H and O–H groups in total. The van der Waals surface area contributed by atoms with Gasteiger partial charge in [-0.3, -0.25) is 4.79 Å². The fraction of sp³-hybridized carbons (Fsp3) is 0.407. The fourth-order valence-corrected chi connectivity index (χ4v) is 4.94. The van der Waals surface area contributed by atoms with Crippen LogP contribution in [0.2, 0.25) is 0 Å². The molecule has 8 heteroatoms. The van der Waals surface area contributed by atoms with Crippen molar-refractivity contribution in [2.75, 3.05) is 33.7 Å². The van der Waals surface area contributed by atoms with Crippen molar-refractivity contribution >= 4 is 16.9 Å². The molecule has 2 aromatic carbocycles. The number of fused-ring (bicyclic) bond motifs is 2. The first-order chi connectivity index (χ1) is 17.0. The first kappa shape index (κ1) is 23.2. The van der Waals surface area contributed by atoms with Crippen LogP contribution >= 0.6 is 0 Å². The van der Waals surface area contributed by atoms with E-state index in [1.54, 1.807) is 13.2 Å². The maximum atomic E-state index is 12.9. The van der Waals surface area contributed by atoms with Crippen LogP contribution in [0.3, 0.4) is 0 Å². The van der Waals surface area contributed by atoms with Crippen molar-refractivity contribution in [1.82, 2.24) is 5.32 Å². The lowest BCUT2D eigenvalue weighted by molar-refractivity contribution is -0.121. The van der Waals surface area contributed by atoms with E-state index in [1.165, 1.54) is 0 Å². The van der Waals surface area contributed by atoms with Crippen LogP contribution in [-0.4, -0.2) is 39.6 Å². The maximum Gasteiger partial charge on any atom is 0.339 e. The highest BCUT2D eigenvalue weighted by Gasteiger charge is 2.36. The molecule has 3 heterocycles. The zero-order valence-corrected chi connectivity index (χ0v) is 20.0. The number of hydrogen-bond acceptors (Lipinski definition) is 7. The summed E-state index contributed by atoms with van der Waals surface area (Å²) < 4.78 is 27.3. The third-order valence-corrected chi connectivity index (χ3v) is 7.16. The molecule has 1 amide bonds. The summed E-state index contributed by atoms with van der Waals surface area (Å²) in [5.74, 6) is 1.99. The van der Waals surface area contributed by atoms with Crippen molar-refractivity contribution in [2.45, 2.75) is 38.0 Å². The zero-order chi connectivity index (χ0) is 24.4. The van der Waals surface area contributed by atoms with E-state index in [4.69, 9.17) is 23.4 Å². The Labute approximate surface area is 203 Å². The van der Waals surface area contributed by atoms with Crippen molar-refractivity contribution in [2.24, 2.45) is 0 Å². The van der Waals surface area contributed by atoms with Crippen molar-refractivity contribution in [3.05, 3.63) is 63.5 Å². The van der Waals surface area contributed by atoms with Gasteiger partial charge in [-0.1, -0.05) is 6.07 Å². The Hall–Kier alpha value is -3.52. The SMILES string of the molecule is COc1ccc2c(C)c(CCC(=O)NCC3(c4ccc5c(c4)OCO5)CCOCC3)c(=O)oc2c1. The molecule has 5 rings (SSSR count). The summed E-state index contributed by atoms with van der Waals surface area (Å²) in [5, 5.41) is 3.94. The normalized spacial score (nSPS) is 16.3. The minimum atomic E-state index is -0.419. The molecule has 0 atom stereocenters. The number of ether oxygens (including phenoxy) is 4. The van der Waals surface area contributed by atoms with E-state index < -0.39 is 5.63 Å². The summed E-state index contributed by atoms with van der Waals surface area (Å²) in [4.78, 5) is 25.5. The maximum absolute atomic E-state index is 12.9. The number of amides is 1. The molecule has 3 aromatic rings. The Balaban J connectivity index is 1.28. The van der Waals surface area contributed by atoms with Crippen LogP contribution in [0.5, 0.6) is 17.2 Å². The van der Waals surface area contributed by atoms with E-state index in [0.717, 1.165) is 40.9 Å². The van der Waals surface area contributed by atoms with Crippen LogP contribution in [0, 0.1) is 6.92 Å². The number of carbonyl (C=O) groups excluding carboxylic acids is 1. The molecular formula is C27H29NO7. The summed E-state index contributed by atoms with van der Waals surface area (Å²) in [7, 11) is 1.57. The monoisotopic (exact) mass is 479 g/mol. The molecular weight excluding hydrogens is 450 g/mol. The molecule has 0 bridgehead atoms. The summed E-state index contributed by atoms with van der Waals surface area (Å²) >= 11 is 0. The Morgan fingerprint density at radius 3 is 2.69 bits per heavy atom. The second-order valence-electron chi connectivity index (χ2n) is 9.09. The van der Waals surface area contributed by atoms with Gasteiger partial charge < -0.3 is 28.7 Å². The third kappa shape index (κ3) is 4.58. The first-order valence-electron chi connectivity index (χ1n) is 11.8. The molecule has 184 valence electrons. The number of methoxy groups -OCH3 is 1. The Kier molecular flexibility index (Phi) is 6.38. The van der Waals surface area contributed by atoms with Crippen molar-refractivity contribution in [1.29, 1.82) is 0 Å². The topological polar surface area (TPSA) is 96.2 Å². The average Bonchev–Trinajstić information content (AvgIpc) is 3.35. The second-order valence-corrected chi connectivity index (χ2v) is 9.09. The molecule has 35 heavy (non-hydrogen) atoms. The van der Waals surface area contributed by atoms with Crippen LogP contribution < -0.4 is 25.2 Å². The number of aryl methyl sites for hydroxylation is 1. The Morgan fingerprint density at radius 1 is 1.09 bits per heavy atom. The van der Waals surface area contributed by atoms with Crippen LogP contribution in [0.1, 0.15) is 36.0 Å². The van der Waals surface area contributed by atoms with Gasteiger partial charge in [-0.25, -0.2) is 4.79 Å². The van der Waals surface area contributed by atoms with E-state index >= 15 is 0 Å². The number of benzene rings is 2. The van der Waals surface area contributed by atoms with Gasteiger partial charge in [-0.05, 0) is 61.6 Å². The van der Waals surface area contributed by atoms with E-state index in [-0.39, 0.29) is 24.5 Å². The molecule has 2 aliphatic heterocycles. The van der Waals surface area contributed by atoms with Gasteiger partial charge in [0, 0.05) is 48.6 Å². The van der Waals surface area contributed by atoms with Gasteiger partial charge in [0.1, 0.15) is 11.3 Å². The number of carbonyl (C=O) groups is 1. The van der Waals surface area contributed by atoms with Crippen molar-refractivity contribution in [3.8, 4) is 17.2 Å². The lowest BCUT2D eigenvalue weighted by Gasteiger charge is -2.38. The fourth-order valence-electron chi connectivity index (χ4n) is 4.94. The number of hydrogen-bond donors (Lipinski definition) is 1. The lowest BCUT2D eigenvalue weighted by atomic mass is 9.74. The smallest absolute Gasteiger partial charge is 0.339 e. The van der Waals surface area contributed by atoms with E-state index in [1.807, 2.05) is 37.3 Å². The molecule has 0 spiro atoms. The highest BCUT2D eigenvalue weighted by atomic mass is 16.7. The molecule has 1 aromatic heterocycles. The molecule has 0 aliphatic carbocycles. The Morgan fingerprint density at radius 2 is 1.89 bits per heavy atom. The van der Waals surface area contributed by atoms with Gasteiger partial charge in [0.05, 0.1) is 7.11 Å². The number of nitrogens with one attached hydrogen (secondary N) is 1. The summed E-state index contributed by atoms with van der Waals surface area (Å²) in [6, 6.07) is 11.4. The van der Waals surface area contributed by atoms with Gasteiger partial charge >= 0.3 is 5.63 Å². The van der Waals surface area contributed by atoms with Gasteiger partial charge in [-0.15, -0.1) is 0 Å². The van der Waals surface area contributed by atoms with Gasteiger partial charge in [0.2, 0.25) is 12.7 Å². The molecule has 1 saturated heterocycles. The highest BCUT2D eigenvalue weighted by molar-refractivity contribution is 5.82. The molecule has 0 saturated carbocycles. The summed E-state index contributed by atoms with van der Waals surface area (Å²) in [6.45, 7) is 3.86. The van der Waals surface area contributed by atoms with E-state index in [9.17, 15) is 9.59 Å². The highest BCUT2D eigenvalue weighted by Crippen LogP contribution is 2.40. The predicted molar refractivity (Wildman–Crippen MR) is 129 cm³/mol. The summed E-state index contributed by atoms with van der Waals surface area (Å²) in [6.07, 6.45) is 2.09. The second kappa shape index (κ2) is 9.62. The quantitative estimate of drug-likeness (QED) is 0.517. The molecule has 1 fully saturated rings. The van der Waals surface area contributed by atoms with E-state index in [2.05, 4.69) is 5.32 Å². The largest absolute Gasteiger partial charge is 0.497 e.